The van der Waals surface area contributed by atoms with E-state index in [1.807, 2.05) is 24.3 Å². The standard InChI is InChI=1S/C20H15ClN4O2S/c1-27-12-4-6-14(21)16(9-12)24-19(26)18-17(22)13-5-7-15(25-20(13)28-18)11-3-2-8-23-10-11/h2-10H,22H2,1H3,(H,24,26). The Bertz CT molecular complexity index is 1180. The number of halogens is 1. The molecule has 0 aliphatic rings. The first-order valence-electron chi connectivity index (χ1n) is 8.31. The third-order valence-electron chi connectivity index (χ3n) is 4.18. The lowest BCUT2D eigenvalue weighted by molar-refractivity contribution is 0.103. The van der Waals surface area contributed by atoms with Crippen LogP contribution in [-0.2, 0) is 0 Å². The van der Waals surface area contributed by atoms with Crippen LogP contribution in [0.3, 0.4) is 0 Å². The van der Waals surface area contributed by atoms with Crippen LogP contribution in [-0.4, -0.2) is 23.0 Å². The Balaban J connectivity index is 1.69. The number of rotatable bonds is 4. The largest absolute Gasteiger partial charge is 0.497 e. The number of amides is 1. The van der Waals surface area contributed by atoms with Crippen LogP contribution < -0.4 is 15.8 Å². The minimum atomic E-state index is -0.349. The van der Waals surface area contributed by atoms with Crippen LogP contribution in [0.25, 0.3) is 21.5 Å². The highest BCUT2D eigenvalue weighted by molar-refractivity contribution is 7.21. The number of nitrogens with zero attached hydrogens (tertiary/aromatic N) is 2. The molecule has 6 nitrogen and oxygen atoms in total. The molecule has 0 saturated carbocycles. The molecular formula is C20H15ClN4O2S. The lowest BCUT2D eigenvalue weighted by Crippen LogP contribution is -2.12. The van der Waals surface area contributed by atoms with Crippen molar-refractivity contribution in [3.63, 3.8) is 0 Å². The molecule has 3 aromatic heterocycles. The molecule has 4 rings (SSSR count). The maximum atomic E-state index is 12.8. The van der Waals surface area contributed by atoms with Crippen molar-refractivity contribution >= 4 is 50.4 Å². The van der Waals surface area contributed by atoms with Crippen LogP contribution in [0.2, 0.25) is 5.02 Å². The first-order chi connectivity index (χ1) is 13.6. The Morgan fingerprint density at radius 3 is 2.86 bits per heavy atom. The molecule has 140 valence electrons. The van der Waals surface area contributed by atoms with E-state index in [2.05, 4.69) is 15.3 Å². The van der Waals surface area contributed by atoms with Crippen LogP contribution in [0.4, 0.5) is 11.4 Å². The minimum Gasteiger partial charge on any atom is -0.497 e. The van der Waals surface area contributed by atoms with Gasteiger partial charge in [-0.15, -0.1) is 11.3 Å². The summed E-state index contributed by atoms with van der Waals surface area (Å²) in [6, 6.07) is 12.5. The number of carbonyl (C=O) groups excluding carboxylic acids is 1. The highest BCUT2D eigenvalue weighted by Gasteiger charge is 2.19. The molecule has 0 aliphatic heterocycles. The van der Waals surface area contributed by atoms with Gasteiger partial charge in [-0.25, -0.2) is 4.98 Å². The summed E-state index contributed by atoms with van der Waals surface area (Å²) in [5.74, 6) is 0.241. The summed E-state index contributed by atoms with van der Waals surface area (Å²) in [7, 11) is 1.55. The zero-order chi connectivity index (χ0) is 19.7. The van der Waals surface area contributed by atoms with Gasteiger partial charge in [-0.05, 0) is 36.4 Å². The molecule has 0 spiro atoms. The maximum absolute atomic E-state index is 12.8. The Morgan fingerprint density at radius 2 is 2.11 bits per heavy atom. The number of carbonyl (C=O) groups is 1. The van der Waals surface area contributed by atoms with E-state index in [-0.39, 0.29) is 5.91 Å². The quantitative estimate of drug-likeness (QED) is 0.501. The fourth-order valence-electron chi connectivity index (χ4n) is 2.75. The summed E-state index contributed by atoms with van der Waals surface area (Å²) >= 11 is 7.41. The average Bonchev–Trinajstić information content (AvgIpc) is 3.06. The van der Waals surface area contributed by atoms with Gasteiger partial charge < -0.3 is 15.8 Å². The molecule has 3 heterocycles. The Labute approximate surface area is 170 Å². The maximum Gasteiger partial charge on any atom is 0.267 e. The van der Waals surface area contributed by atoms with Gasteiger partial charge in [0.2, 0.25) is 0 Å². The van der Waals surface area contributed by atoms with E-state index >= 15 is 0 Å². The topological polar surface area (TPSA) is 90.1 Å². The second-order valence-corrected chi connectivity index (χ2v) is 7.34. The lowest BCUT2D eigenvalue weighted by Gasteiger charge is -2.08. The van der Waals surface area contributed by atoms with Gasteiger partial charge in [0.1, 0.15) is 15.5 Å². The summed E-state index contributed by atoms with van der Waals surface area (Å²) in [4.78, 5) is 22.6. The number of fused-ring (bicyclic) bond motifs is 1. The third-order valence-corrected chi connectivity index (χ3v) is 5.62. The van der Waals surface area contributed by atoms with Crippen LogP contribution in [0.15, 0.2) is 54.9 Å². The third kappa shape index (κ3) is 3.37. The second-order valence-electron chi connectivity index (χ2n) is 5.94. The molecule has 1 aromatic carbocycles. The number of ether oxygens (including phenoxy) is 1. The normalized spacial score (nSPS) is 10.8. The number of anilines is 2. The van der Waals surface area contributed by atoms with E-state index in [0.29, 0.717) is 31.9 Å². The van der Waals surface area contributed by atoms with Gasteiger partial charge >= 0.3 is 0 Å². The van der Waals surface area contributed by atoms with E-state index in [1.165, 1.54) is 11.3 Å². The molecule has 0 unspecified atom stereocenters. The molecular weight excluding hydrogens is 396 g/mol. The van der Waals surface area contributed by atoms with Crippen molar-refractivity contribution in [3.8, 4) is 17.0 Å². The zero-order valence-electron chi connectivity index (χ0n) is 14.8. The van der Waals surface area contributed by atoms with Gasteiger partial charge in [-0.3, -0.25) is 9.78 Å². The first-order valence-corrected chi connectivity index (χ1v) is 9.50. The van der Waals surface area contributed by atoms with Crippen LogP contribution in [0.1, 0.15) is 9.67 Å². The first kappa shape index (κ1) is 18.2. The summed E-state index contributed by atoms with van der Waals surface area (Å²) in [5, 5.41) is 3.93. The van der Waals surface area contributed by atoms with Crippen molar-refractivity contribution in [2.45, 2.75) is 0 Å². The van der Waals surface area contributed by atoms with E-state index in [1.54, 1.807) is 37.7 Å². The van der Waals surface area contributed by atoms with Crippen molar-refractivity contribution in [2.75, 3.05) is 18.2 Å². The van der Waals surface area contributed by atoms with Crippen LogP contribution in [0, 0.1) is 0 Å². The Kier molecular flexibility index (Phi) is 4.85. The van der Waals surface area contributed by atoms with Gasteiger partial charge in [-0.2, -0.15) is 0 Å². The van der Waals surface area contributed by atoms with Gasteiger partial charge in [0.05, 0.1) is 29.2 Å². The highest BCUT2D eigenvalue weighted by Crippen LogP contribution is 2.35. The molecule has 0 atom stereocenters. The predicted octanol–water partition coefficient (Wildman–Crippen LogP) is 4.85. The number of pyridine rings is 2. The number of nitrogen functional groups attached to an aromatic ring is 1. The number of aromatic nitrogens is 2. The summed E-state index contributed by atoms with van der Waals surface area (Å²) in [6.07, 6.45) is 3.45. The SMILES string of the molecule is COc1ccc(Cl)c(NC(=O)c2sc3nc(-c4cccnc4)ccc3c2N)c1. The van der Waals surface area contributed by atoms with Gasteiger partial charge in [0.25, 0.3) is 5.91 Å². The zero-order valence-corrected chi connectivity index (χ0v) is 16.3. The van der Waals surface area contributed by atoms with E-state index in [4.69, 9.17) is 22.1 Å². The lowest BCUT2D eigenvalue weighted by atomic mass is 10.1. The average molecular weight is 411 g/mol. The van der Waals surface area contributed by atoms with Gasteiger partial charge in [0.15, 0.2) is 0 Å². The number of methoxy groups -OCH3 is 1. The molecule has 4 aromatic rings. The number of hydrogen-bond donors (Lipinski definition) is 2. The van der Waals surface area contributed by atoms with Crippen molar-refractivity contribution in [2.24, 2.45) is 0 Å². The van der Waals surface area contributed by atoms with Crippen molar-refractivity contribution < 1.29 is 9.53 Å². The number of benzene rings is 1. The summed E-state index contributed by atoms with van der Waals surface area (Å²) < 4.78 is 5.18. The van der Waals surface area contributed by atoms with Crippen LogP contribution in [0.5, 0.6) is 5.75 Å². The predicted molar refractivity (Wildman–Crippen MR) is 113 cm³/mol. The molecule has 0 saturated heterocycles. The number of hydrogen-bond acceptors (Lipinski definition) is 6. The molecule has 3 N–H and O–H groups in total. The molecule has 0 bridgehead atoms. The number of nitrogens with one attached hydrogen (secondary N) is 1. The van der Waals surface area contributed by atoms with Gasteiger partial charge in [0, 0.05) is 29.4 Å². The molecule has 1 amide bonds. The molecule has 0 aliphatic carbocycles. The van der Waals surface area contributed by atoms with Gasteiger partial charge in [-0.1, -0.05) is 11.6 Å². The molecule has 0 fully saturated rings. The van der Waals surface area contributed by atoms with E-state index in [9.17, 15) is 4.79 Å². The fraction of sp³-hybridized carbons (Fsp3) is 0.0500. The van der Waals surface area contributed by atoms with Crippen molar-refractivity contribution in [1.82, 2.24) is 9.97 Å². The van der Waals surface area contributed by atoms with Crippen molar-refractivity contribution in [1.29, 1.82) is 0 Å². The monoisotopic (exact) mass is 410 g/mol. The molecule has 8 heteroatoms. The number of thiophene rings is 1. The Hall–Kier alpha value is -3.16. The molecule has 0 radical (unpaired) electrons. The van der Waals surface area contributed by atoms with E-state index < -0.39 is 0 Å². The Morgan fingerprint density at radius 1 is 1.25 bits per heavy atom. The summed E-state index contributed by atoms with van der Waals surface area (Å²) in [5.41, 5.74) is 8.72. The second kappa shape index (κ2) is 7.46. The molecule has 28 heavy (non-hydrogen) atoms. The summed E-state index contributed by atoms with van der Waals surface area (Å²) in [6.45, 7) is 0. The number of nitrogens with two attached hydrogens (primary N) is 1. The highest BCUT2D eigenvalue weighted by atomic mass is 35.5. The minimum absolute atomic E-state index is 0.349. The fourth-order valence-corrected chi connectivity index (χ4v) is 3.90. The smallest absolute Gasteiger partial charge is 0.267 e. The van der Waals surface area contributed by atoms with Crippen LogP contribution >= 0.6 is 22.9 Å². The van der Waals surface area contributed by atoms with E-state index in [0.717, 1.165) is 16.6 Å². The van der Waals surface area contributed by atoms with Crippen molar-refractivity contribution in [3.05, 3.63) is 64.8 Å².